The number of thioether (sulfide) groups is 1. The highest BCUT2D eigenvalue weighted by atomic mass is 32.2. The van der Waals surface area contributed by atoms with Gasteiger partial charge in [0.05, 0.1) is 24.0 Å². The number of hydrogen-bond acceptors (Lipinski definition) is 9. The van der Waals surface area contributed by atoms with Crippen LogP contribution in [0.5, 0.6) is 0 Å². The molecule has 2 aromatic carbocycles. The van der Waals surface area contributed by atoms with Crippen molar-refractivity contribution in [1.82, 2.24) is 10.3 Å². The summed E-state index contributed by atoms with van der Waals surface area (Å²) in [6, 6.07) is 17.7. The number of rotatable bonds is 13. The Morgan fingerprint density at radius 1 is 1.00 bits per heavy atom. The molecule has 1 atom stereocenters. The van der Waals surface area contributed by atoms with Crippen LogP contribution in [0.25, 0.3) is 6.08 Å². The maximum absolute atomic E-state index is 13.3. The zero-order valence-electron chi connectivity index (χ0n) is 23.5. The molecule has 222 valence electrons. The van der Waals surface area contributed by atoms with Crippen molar-refractivity contribution in [3.8, 4) is 0 Å². The summed E-state index contributed by atoms with van der Waals surface area (Å²) in [7, 11) is 0. The molecule has 2 aromatic heterocycles. The minimum atomic E-state index is -0.482. The fourth-order valence-electron chi connectivity index (χ4n) is 3.79. The molecule has 12 heteroatoms. The number of carbonyl (C=O) groups is 4. The van der Waals surface area contributed by atoms with E-state index in [9.17, 15) is 19.2 Å². The van der Waals surface area contributed by atoms with E-state index in [-0.39, 0.29) is 24.0 Å². The Balaban J connectivity index is 1.41. The average molecular weight is 635 g/mol. The number of nitrogens with zero attached hydrogens (tertiary/aromatic N) is 1. The Labute approximate surface area is 261 Å². The number of carbonyl (C=O) groups excluding carboxylic acids is 4. The van der Waals surface area contributed by atoms with Crippen molar-refractivity contribution in [3.05, 3.63) is 99.3 Å². The molecule has 0 bridgehead atoms. The lowest BCUT2D eigenvalue weighted by Gasteiger charge is -2.15. The predicted octanol–water partition coefficient (Wildman–Crippen LogP) is 6.23. The van der Waals surface area contributed by atoms with E-state index in [1.165, 1.54) is 34.4 Å². The minimum Gasteiger partial charge on any atom is -0.466 e. The maximum atomic E-state index is 13.3. The van der Waals surface area contributed by atoms with Gasteiger partial charge < -0.3 is 20.7 Å². The molecule has 9 nitrogen and oxygen atoms in total. The smallest absolute Gasteiger partial charge is 0.311 e. The predicted molar refractivity (Wildman–Crippen MR) is 172 cm³/mol. The molecule has 0 saturated carbocycles. The number of nitrogens with one attached hydrogen (secondary N) is 3. The molecule has 2 heterocycles. The largest absolute Gasteiger partial charge is 0.466 e. The Kier molecular flexibility index (Phi) is 11.7. The Bertz CT molecular complexity index is 1590. The van der Waals surface area contributed by atoms with Gasteiger partial charge in [0.25, 0.3) is 11.8 Å². The lowest BCUT2D eigenvalue weighted by Crippen LogP contribution is -2.30. The first-order valence-electron chi connectivity index (χ1n) is 13.4. The van der Waals surface area contributed by atoms with E-state index >= 15 is 0 Å². The summed E-state index contributed by atoms with van der Waals surface area (Å²) in [5.41, 5.74) is 2.37. The maximum Gasteiger partial charge on any atom is 0.311 e. The highest BCUT2D eigenvalue weighted by Gasteiger charge is 2.21. The summed E-state index contributed by atoms with van der Waals surface area (Å²) in [5.74, 6) is -1.47. The first-order valence-corrected chi connectivity index (χ1v) is 16.1. The standard InChI is InChI=1S/C31H30N4O5S3/c1-3-26(30(39)35-31-33-23(19-42-31)17-27(36)40-4-2)43-24-12-8-11-22(16-24)32-29(38)25(15-20-13-14-41-18-20)34-28(37)21-9-6-5-7-10-21/h5-16,18-19,26H,3-4,17H2,1-2H3,(H,32,38)(H,34,37)(H,33,35,39)/b25-15-. The monoisotopic (exact) mass is 634 g/mol. The third-order valence-corrected chi connectivity index (χ3v) is 8.70. The number of ether oxygens (including phenoxy) is 1. The molecular weight excluding hydrogens is 605 g/mol. The second kappa shape index (κ2) is 15.8. The fraction of sp³-hybridized carbons (Fsp3) is 0.194. The first-order chi connectivity index (χ1) is 20.8. The first kappa shape index (κ1) is 31.7. The topological polar surface area (TPSA) is 126 Å². The number of esters is 1. The van der Waals surface area contributed by atoms with Crippen LogP contribution in [0, 0.1) is 0 Å². The molecule has 3 amide bonds. The van der Waals surface area contributed by atoms with E-state index in [1.807, 2.05) is 35.9 Å². The number of benzene rings is 2. The van der Waals surface area contributed by atoms with Gasteiger partial charge in [-0.05, 0) is 72.1 Å². The fourth-order valence-corrected chi connectivity index (χ4v) is 6.13. The van der Waals surface area contributed by atoms with Crippen LogP contribution in [0.15, 0.2) is 87.4 Å². The van der Waals surface area contributed by atoms with Gasteiger partial charge in [0.1, 0.15) is 5.70 Å². The lowest BCUT2D eigenvalue weighted by molar-refractivity contribution is -0.142. The van der Waals surface area contributed by atoms with Gasteiger partial charge in [-0.15, -0.1) is 23.1 Å². The van der Waals surface area contributed by atoms with Gasteiger partial charge in [0.2, 0.25) is 5.91 Å². The van der Waals surface area contributed by atoms with Crippen LogP contribution in [0.3, 0.4) is 0 Å². The van der Waals surface area contributed by atoms with Crippen LogP contribution in [0.1, 0.15) is 41.9 Å². The summed E-state index contributed by atoms with van der Waals surface area (Å²) in [4.78, 5) is 56.0. The Hall–Kier alpha value is -4.26. The molecule has 0 saturated heterocycles. The highest BCUT2D eigenvalue weighted by Crippen LogP contribution is 2.29. The third-order valence-electron chi connectivity index (χ3n) is 5.83. The summed E-state index contributed by atoms with van der Waals surface area (Å²) >= 11 is 4.09. The molecule has 3 N–H and O–H groups in total. The number of hydrogen-bond donors (Lipinski definition) is 3. The SMILES string of the molecule is CCOC(=O)Cc1csc(NC(=O)C(CC)Sc2cccc(NC(=O)/C(=C/c3ccsc3)NC(=O)c3ccccc3)c2)n1. The second-order valence-corrected chi connectivity index (χ2v) is 12.0. The van der Waals surface area contributed by atoms with E-state index < -0.39 is 17.1 Å². The molecule has 1 unspecified atom stereocenters. The number of amides is 3. The van der Waals surface area contributed by atoms with Crippen molar-refractivity contribution in [1.29, 1.82) is 0 Å². The molecule has 0 fully saturated rings. The molecule has 0 radical (unpaired) electrons. The molecular formula is C31H30N4O5S3. The van der Waals surface area contributed by atoms with Crippen molar-refractivity contribution < 1.29 is 23.9 Å². The summed E-state index contributed by atoms with van der Waals surface area (Å²) in [6.45, 7) is 3.95. The number of anilines is 2. The number of aromatic nitrogens is 1. The lowest BCUT2D eigenvalue weighted by atomic mass is 10.2. The van der Waals surface area contributed by atoms with Crippen molar-refractivity contribution in [2.45, 2.75) is 36.8 Å². The van der Waals surface area contributed by atoms with Crippen LogP contribution in [0.4, 0.5) is 10.8 Å². The zero-order valence-corrected chi connectivity index (χ0v) is 25.9. The second-order valence-electron chi connectivity index (χ2n) is 9.05. The van der Waals surface area contributed by atoms with E-state index in [0.29, 0.717) is 35.1 Å². The van der Waals surface area contributed by atoms with Crippen molar-refractivity contribution in [2.75, 3.05) is 17.2 Å². The quantitative estimate of drug-likeness (QED) is 0.0904. The van der Waals surface area contributed by atoms with Gasteiger partial charge in [-0.1, -0.05) is 31.2 Å². The summed E-state index contributed by atoms with van der Waals surface area (Å²) in [5, 5.41) is 13.9. The Morgan fingerprint density at radius 3 is 2.53 bits per heavy atom. The third kappa shape index (κ3) is 9.63. The molecule has 0 aliphatic rings. The minimum absolute atomic E-state index is 0.0464. The van der Waals surface area contributed by atoms with Crippen LogP contribution in [-0.2, 0) is 25.5 Å². The average Bonchev–Trinajstić information content (AvgIpc) is 3.68. The van der Waals surface area contributed by atoms with Crippen LogP contribution in [0.2, 0.25) is 0 Å². The zero-order chi connectivity index (χ0) is 30.6. The highest BCUT2D eigenvalue weighted by molar-refractivity contribution is 8.00. The van der Waals surface area contributed by atoms with Crippen LogP contribution >= 0.6 is 34.4 Å². The van der Waals surface area contributed by atoms with E-state index in [4.69, 9.17) is 4.74 Å². The van der Waals surface area contributed by atoms with E-state index in [2.05, 4.69) is 20.9 Å². The number of thiazole rings is 1. The van der Waals surface area contributed by atoms with Crippen molar-refractivity contribution in [2.24, 2.45) is 0 Å². The van der Waals surface area contributed by atoms with E-state index in [1.54, 1.807) is 60.8 Å². The van der Waals surface area contributed by atoms with E-state index in [0.717, 1.165) is 10.5 Å². The summed E-state index contributed by atoms with van der Waals surface area (Å²) < 4.78 is 4.95. The van der Waals surface area contributed by atoms with Crippen molar-refractivity contribution >= 4 is 75.0 Å². The van der Waals surface area contributed by atoms with Gasteiger partial charge in [0, 0.05) is 21.5 Å². The van der Waals surface area contributed by atoms with Crippen molar-refractivity contribution in [3.63, 3.8) is 0 Å². The molecule has 0 aliphatic heterocycles. The molecule has 4 rings (SSSR count). The van der Waals surface area contributed by atoms with Gasteiger partial charge in [-0.25, -0.2) is 4.98 Å². The molecule has 0 aliphatic carbocycles. The van der Waals surface area contributed by atoms with Gasteiger partial charge in [-0.3, -0.25) is 19.2 Å². The normalized spacial score (nSPS) is 11.8. The van der Waals surface area contributed by atoms with Crippen LogP contribution < -0.4 is 16.0 Å². The van der Waals surface area contributed by atoms with Gasteiger partial charge >= 0.3 is 5.97 Å². The Morgan fingerprint density at radius 2 is 1.81 bits per heavy atom. The molecule has 4 aromatic rings. The molecule has 43 heavy (non-hydrogen) atoms. The summed E-state index contributed by atoms with van der Waals surface area (Å²) in [6.07, 6.45) is 2.22. The molecule has 0 spiro atoms. The van der Waals surface area contributed by atoms with Gasteiger partial charge in [-0.2, -0.15) is 11.3 Å². The van der Waals surface area contributed by atoms with Crippen LogP contribution in [-0.4, -0.2) is 40.5 Å². The van der Waals surface area contributed by atoms with Gasteiger partial charge in [0.15, 0.2) is 5.13 Å². The number of thiophene rings is 1.